The van der Waals surface area contributed by atoms with Crippen LogP contribution in [0.5, 0.6) is 5.88 Å². The van der Waals surface area contributed by atoms with E-state index in [9.17, 15) is 14.4 Å². The Morgan fingerprint density at radius 3 is 2.60 bits per heavy atom. The molecule has 3 aromatic rings. The van der Waals surface area contributed by atoms with E-state index in [1.807, 2.05) is 59.5 Å². The number of esters is 1. The fraction of sp³-hybridized carbons (Fsp3) is 0.353. The molecule has 1 aliphatic heterocycles. The summed E-state index contributed by atoms with van der Waals surface area (Å²) in [6.07, 6.45) is 6.33. The van der Waals surface area contributed by atoms with Crippen LogP contribution in [0.25, 0.3) is 0 Å². The molecule has 2 aliphatic rings. The molecule has 8 nitrogen and oxygen atoms in total. The highest BCUT2D eigenvalue weighted by molar-refractivity contribution is 5.96. The van der Waals surface area contributed by atoms with Crippen LogP contribution in [0.1, 0.15) is 65.1 Å². The molecule has 1 N–H and O–H groups in total. The van der Waals surface area contributed by atoms with Crippen LogP contribution in [0.4, 0.5) is 0 Å². The van der Waals surface area contributed by atoms with Gasteiger partial charge in [0.1, 0.15) is 17.6 Å². The van der Waals surface area contributed by atoms with Crippen LogP contribution >= 0.6 is 0 Å². The molecule has 2 aromatic carbocycles. The molecule has 42 heavy (non-hydrogen) atoms. The van der Waals surface area contributed by atoms with Gasteiger partial charge in [0, 0.05) is 25.3 Å². The molecule has 0 bridgehead atoms. The molecule has 8 heteroatoms. The number of hydrogen-bond acceptors (Lipinski definition) is 6. The van der Waals surface area contributed by atoms with E-state index in [0.29, 0.717) is 37.9 Å². The number of rotatable bonds is 8. The topological polar surface area (TPSA) is 97.8 Å². The van der Waals surface area contributed by atoms with Gasteiger partial charge in [0.15, 0.2) is 0 Å². The minimum atomic E-state index is -1.00. The Morgan fingerprint density at radius 1 is 1.02 bits per heavy atom. The zero-order valence-electron chi connectivity index (χ0n) is 24.0. The summed E-state index contributed by atoms with van der Waals surface area (Å²) in [5.74, 6) is -0.575. The molecule has 2 amide bonds. The van der Waals surface area contributed by atoms with Gasteiger partial charge in [-0.25, -0.2) is 4.98 Å². The lowest BCUT2D eigenvalue weighted by molar-refractivity contribution is -0.149. The average Bonchev–Trinajstić information content (AvgIpc) is 3.28. The maximum Gasteiger partial charge on any atom is 0.321 e. The van der Waals surface area contributed by atoms with E-state index in [0.717, 1.165) is 29.5 Å². The maximum atomic E-state index is 14.1. The third-order valence-electron chi connectivity index (χ3n) is 8.43. The maximum absolute atomic E-state index is 14.1. The summed E-state index contributed by atoms with van der Waals surface area (Å²) < 4.78 is 10.9. The Morgan fingerprint density at radius 2 is 1.81 bits per heavy atom. The van der Waals surface area contributed by atoms with Crippen LogP contribution in [-0.2, 0) is 19.7 Å². The zero-order valence-corrected chi connectivity index (χ0v) is 24.0. The van der Waals surface area contributed by atoms with Gasteiger partial charge in [-0.3, -0.25) is 14.4 Å². The molecule has 3 atom stereocenters. The molecule has 0 saturated carbocycles. The molecule has 1 aromatic heterocycles. The van der Waals surface area contributed by atoms with Crippen LogP contribution in [0.2, 0.25) is 0 Å². The molecule has 1 fully saturated rings. The van der Waals surface area contributed by atoms with Gasteiger partial charge in [-0.1, -0.05) is 67.3 Å². The van der Waals surface area contributed by atoms with E-state index in [-0.39, 0.29) is 42.2 Å². The van der Waals surface area contributed by atoms with Crippen molar-refractivity contribution in [2.75, 3.05) is 26.8 Å². The van der Waals surface area contributed by atoms with Crippen molar-refractivity contribution in [1.29, 1.82) is 0 Å². The van der Waals surface area contributed by atoms with E-state index >= 15 is 0 Å². The second-order valence-corrected chi connectivity index (χ2v) is 10.8. The Labute approximate surface area is 246 Å². The highest BCUT2D eigenvalue weighted by Crippen LogP contribution is 2.48. The van der Waals surface area contributed by atoms with Crippen LogP contribution in [-0.4, -0.2) is 60.5 Å². The summed E-state index contributed by atoms with van der Waals surface area (Å²) in [6.45, 7) is 4.98. The van der Waals surface area contributed by atoms with Crippen molar-refractivity contribution in [3.05, 3.63) is 108 Å². The first-order valence-corrected chi connectivity index (χ1v) is 14.5. The zero-order chi connectivity index (χ0) is 29.5. The van der Waals surface area contributed by atoms with Gasteiger partial charge in [-0.15, -0.1) is 0 Å². The van der Waals surface area contributed by atoms with Crippen molar-refractivity contribution in [2.45, 2.75) is 49.5 Å². The van der Waals surface area contributed by atoms with Crippen molar-refractivity contribution in [3.63, 3.8) is 0 Å². The van der Waals surface area contributed by atoms with Crippen molar-refractivity contribution in [3.8, 4) is 5.88 Å². The normalized spacial score (nSPS) is 21.8. The summed E-state index contributed by atoms with van der Waals surface area (Å²) in [7, 11) is 1.49. The van der Waals surface area contributed by atoms with Gasteiger partial charge in [-0.2, -0.15) is 0 Å². The Hall–Kier alpha value is -4.46. The first kappa shape index (κ1) is 29.0. The summed E-state index contributed by atoms with van der Waals surface area (Å²) >= 11 is 0. The molecule has 1 saturated heterocycles. The highest BCUT2D eigenvalue weighted by atomic mass is 16.5. The summed E-state index contributed by atoms with van der Waals surface area (Å²) in [6, 6.07) is 20.8. The number of benzene rings is 2. The van der Waals surface area contributed by atoms with E-state index < -0.39 is 5.41 Å². The first-order valence-electron chi connectivity index (χ1n) is 14.5. The SMILES string of the molecule is C=CCOC(=O)C1(c2ccccc2)CC[C@@H](C(=O)N2CCCC(NC(=O)c3cccnc3OC)CC2)c2ccccc21. The van der Waals surface area contributed by atoms with Gasteiger partial charge in [0.05, 0.1) is 13.0 Å². The monoisotopic (exact) mass is 567 g/mol. The molecule has 2 unspecified atom stereocenters. The van der Waals surface area contributed by atoms with Crippen molar-refractivity contribution >= 4 is 17.8 Å². The largest absolute Gasteiger partial charge is 0.480 e. The van der Waals surface area contributed by atoms with E-state index in [2.05, 4.69) is 16.9 Å². The molecule has 0 radical (unpaired) electrons. The molecule has 1 aliphatic carbocycles. The standard InChI is InChI=1S/C34H37N3O5/c1-3-23-42-33(40)34(24-11-5-4-6-12-24)19-17-27(26-14-7-8-16-29(26)34)32(39)37-21-10-13-25(18-22-37)36-30(38)28-15-9-20-35-31(28)41-2/h3-9,11-12,14-16,20,25,27H,1,10,13,17-19,21-23H2,2H3,(H,36,38)/t25?,27-,34?/m1/s1. The molecule has 218 valence electrons. The Balaban J connectivity index is 1.35. The van der Waals surface area contributed by atoms with E-state index in [1.165, 1.54) is 7.11 Å². The minimum Gasteiger partial charge on any atom is -0.480 e. The highest BCUT2D eigenvalue weighted by Gasteiger charge is 2.50. The van der Waals surface area contributed by atoms with Gasteiger partial charge < -0.3 is 19.7 Å². The number of hydrogen-bond donors (Lipinski definition) is 1. The number of nitrogens with zero attached hydrogens (tertiary/aromatic N) is 2. The average molecular weight is 568 g/mol. The lowest BCUT2D eigenvalue weighted by Crippen LogP contribution is -2.45. The third kappa shape index (κ3) is 5.66. The number of likely N-dealkylation sites (tertiary alicyclic amines) is 1. The number of fused-ring (bicyclic) bond motifs is 1. The number of nitrogens with one attached hydrogen (secondary N) is 1. The summed E-state index contributed by atoms with van der Waals surface area (Å²) in [4.78, 5) is 46.8. The number of ether oxygens (including phenoxy) is 2. The number of carbonyl (C=O) groups excluding carboxylic acids is 3. The molecule has 0 spiro atoms. The first-order chi connectivity index (χ1) is 20.5. The van der Waals surface area contributed by atoms with Crippen molar-refractivity contribution in [2.24, 2.45) is 0 Å². The second-order valence-electron chi connectivity index (χ2n) is 10.8. The smallest absolute Gasteiger partial charge is 0.321 e. The lowest BCUT2D eigenvalue weighted by atomic mass is 9.63. The fourth-order valence-corrected chi connectivity index (χ4v) is 6.38. The van der Waals surface area contributed by atoms with Gasteiger partial charge in [0.25, 0.3) is 5.91 Å². The number of pyridine rings is 1. The van der Waals surface area contributed by atoms with Gasteiger partial charge in [-0.05, 0) is 60.9 Å². The molecule has 5 rings (SSSR count). The minimum absolute atomic E-state index is 0.0597. The van der Waals surface area contributed by atoms with Crippen LogP contribution in [0, 0.1) is 0 Å². The summed E-state index contributed by atoms with van der Waals surface area (Å²) in [5, 5.41) is 3.11. The lowest BCUT2D eigenvalue weighted by Gasteiger charge is -2.41. The predicted molar refractivity (Wildman–Crippen MR) is 159 cm³/mol. The second kappa shape index (κ2) is 13.0. The van der Waals surface area contributed by atoms with Crippen molar-refractivity contribution < 1.29 is 23.9 Å². The van der Waals surface area contributed by atoms with E-state index in [1.54, 1.807) is 24.4 Å². The Kier molecular flexibility index (Phi) is 9.00. The number of carbonyl (C=O) groups is 3. The number of aromatic nitrogens is 1. The third-order valence-corrected chi connectivity index (χ3v) is 8.43. The quantitative estimate of drug-likeness (QED) is 0.310. The van der Waals surface area contributed by atoms with Crippen molar-refractivity contribution in [1.82, 2.24) is 15.2 Å². The number of methoxy groups -OCH3 is 1. The van der Waals surface area contributed by atoms with E-state index in [4.69, 9.17) is 9.47 Å². The van der Waals surface area contributed by atoms with Crippen LogP contribution < -0.4 is 10.1 Å². The fourth-order valence-electron chi connectivity index (χ4n) is 6.38. The van der Waals surface area contributed by atoms with Crippen LogP contribution in [0.15, 0.2) is 85.6 Å². The molecular formula is C34H37N3O5. The predicted octanol–water partition coefficient (Wildman–Crippen LogP) is 4.79. The summed E-state index contributed by atoms with van der Waals surface area (Å²) in [5.41, 5.74) is 1.94. The van der Waals surface area contributed by atoms with Crippen LogP contribution in [0.3, 0.4) is 0 Å². The Bertz CT molecular complexity index is 1440. The molecular weight excluding hydrogens is 530 g/mol. The van der Waals surface area contributed by atoms with Gasteiger partial charge >= 0.3 is 5.97 Å². The van der Waals surface area contributed by atoms with Gasteiger partial charge in [0.2, 0.25) is 11.8 Å². The number of amides is 2. The molecule has 2 heterocycles.